The van der Waals surface area contributed by atoms with E-state index in [-0.39, 0.29) is 12.1 Å². The van der Waals surface area contributed by atoms with E-state index >= 15 is 0 Å². The van der Waals surface area contributed by atoms with Crippen LogP contribution in [0.3, 0.4) is 0 Å². The summed E-state index contributed by atoms with van der Waals surface area (Å²) in [6.07, 6.45) is 5.33. The van der Waals surface area contributed by atoms with Crippen molar-refractivity contribution in [2.24, 2.45) is 0 Å². The summed E-state index contributed by atoms with van der Waals surface area (Å²) in [4.78, 5) is 11.6. The van der Waals surface area contributed by atoms with Crippen molar-refractivity contribution in [2.45, 2.75) is 51.2 Å². The van der Waals surface area contributed by atoms with Crippen LogP contribution in [-0.4, -0.2) is 24.8 Å². The van der Waals surface area contributed by atoms with Crippen molar-refractivity contribution in [3.8, 4) is 0 Å². The molecular formula is C10H19ClNO3P. The van der Waals surface area contributed by atoms with Crippen LogP contribution >= 0.6 is 17.9 Å². The first-order valence-corrected chi connectivity index (χ1v) is 8.70. The molecule has 1 aliphatic rings. The van der Waals surface area contributed by atoms with Crippen molar-refractivity contribution in [1.82, 2.24) is 5.09 Å². The lowest BCUT2D eigenvalue weighted by Gasteiger charge is -2.24. The number of carbonyl (C=O) groups is 1. The van der Waals surface area contributed by atoms with Gasteiger partial charge in [0.1, 0.15) is 12.1 Å². The van der Waals surface area contributed by atoms with Crippen molar-refractivity contribution < 1.29 is 14.1 Å². The van der Waals surface area contributed by atoms with Gasteiger partial charge in [-0.1, -0.05) is 6.42 Å². The number of ether oxygens (including phenoxy) is 1. The van der Waals surface area contributed by atoms with Crippen LogP contribution in [0.5, 0.6) is 0 Å². The van der Waals surface area contributed by atoms with Gasteiger partial charge in [0.2, 0.25) is 6.65 Å². The fraction of sp³-hybridized carbons (Fsp3) is 0.900. The highest BCUT2D eigenvalue weighted by atomic mass is 35.7. The molecule has 1 saturated carbocycles. The van der Waals surface area contributed by atoms with Gasteiger partial charge in [-0.25, -0.2) is 5.09 Å². The Labute approximate surface area is 101 Å². The van der Waals surface area contributed by atoms with Crippen LogP contribution in [0, 0.1) is 0 Å². The minimum Gasteiger partial charge on any atom is -0.461 e. The van der Waals surface area contributed by atoms with E-state index in [9.17, 15) is 9.36 Å². The lowest BCUT2D eigenvalue weighted by Crippen LogP contribution is -2.35. The van der Waals surface area contributed by atoms with E-state index in [1.54, 1.807) is 6.92 Å². The monoisotopic (exact) mass is 267 g/mol. The Morgan fingerprint density at radius 3 is 2.50 bits per heavy atom. The summed E-state index contributed by atoms with van der Waals surface area (Å²) in [5, 5.41) is 2.55. The smallest absolute Gasteiger partial charge is 0.323 e. The number of hydrogen-bond acceptors (Lipinski definition) is 3. The molecule has 1 N–H and O–H groups in total. The summed E-state index contributed by atoms with van der Waals surface area (Å²) >= 11 is 5.55. The molecule has 16 heavy (non-hydrogen) atoms. The zero-order valence-electron chi connectivity index (χ0n) is 9.74. The number of halogens is 1. The second kappa shape index (κ2) is 6.04. The zero-order chi connectivity index (χ0) is 12.2. The molecule has 0 aromatic heterocycles. The Morgan fingerprint density at radius 2 is 2.00 bits per heavy atom. The number of hydrogen-bond donors (Lipinski definition) is 1. The summed E-state index contributed by atoms with van der Waals surface area (Å²) in [6.45, 7) is 0.0811. The fourth-order valence-corrected chi connectivity index (χ4v) is 3.08. The molecule has 0 aliphatic heterocycles. The molecule has 0 radical (unpaired) electrons. The van der Waals surface area contributed by atoms with E-state index in [0.717, 1.165) is 25.7 Å². The van der Waals surface area contributed by atoms with Crippen molar-refractivity contribution in [3.63, 3.8) is 0 Å². The predicted octanol–water partition coefficient (Wildman–Crippen LogP) is 2.90. The molecule has 0 spiro atoms. The number of nitrogens with one attached hydrogen (secondary N) is 1. The van der Waals surface area contributed by atoms with E-state index in [0.29, 0.717) is 0 Å². The number of carbonyl (C=O) groups excluding carboxylic acids is 1. The van der Waals surface area contributed by atoms with Crippen LogP contribution in [0.1, 0.15) is 39.0 Å². The van der Waals surface area contributed by atoms with Crippen molar-refractivity contribution in [1.29, 1.82) is 0 Å². The Kier molecular flexibility index (Phi) is 5.29. The highest BCUT2D eigenvalue weighted by Crippen LogP contribution is 2.42. The maximum Gasteiger partial charge on any atom is 0.323 e. The lowest BCUT2D eigenvalue weighted by atomic mass is 9.98. The molecule has 94 valence electrons. The van der Waals surface area contributed by atoms with Crippen LogP contribution < -0.4 is 5.09 Å². The third kappa shape index (κ3) is 5.33. The molecule has 0 bridgehead atoms. The molecule has 1 aliphatic carbocycles. The predicted molar refractivity (Wildman–Crippen MR) is 64.9 cm³/mol. The normalized spacial score (nSPS) is 23.4. The largest absolute Gasteiger partial charge is 0.461 e. The molecule has 0 aromatic rings. The highest BCUT2D eigenvalue weighted by molar-refractivity contribution is 7.87. The first-order valence-electron chi connectivity index (χ1n) is 5.64. The van der Waals surface area contributed by atoms with Crippen molar-refractivity contribution in [3.05, 3.63) is 0 Å². The number of esters is 1. The van der Waals surface area contributed by atoms with E-state index in [4.69, 9.17) is 16.0 Å². The van der Waals surface area contributed by atoms with Crippen molar-refractivity contribution >= 4 is 23.9 Å². The van der Waals surface area contributed by atoms with Gasteiger partial charge in [0, 0.05) is 6.66 Å². The molecular weight excluding hydrogens is 249 g/mol. The van der Waals surface area contributed by atoms with Crippen LogP contribution in [0.25, 0.3) is 0 Å². The molecule has 4 nitrogen and oxygen atoms in total. The summed E-state index contributed by atoms with van der Waals surface area (Å²) in [7, 11) is 0. The topological polar surface area (TPSA) is 55.4 Å². The number of rotatable bonds is 4. The fourth-order valence-electron chi connectivity index (χ4n) is 1.85. The van der Waals surface area contributed by atoms with Gasteiger partial charge in [0.05, 0.1) is 0 Å². The van der Waals surface area contributed by atoms with Gasteiger partial charge in [-0.05, 0) is 43.8 Å². The molecule has 0 saturated heterocycles. The van der Waals surface area contributed by atoms with Crippen LogP contribution in [0.4, 0.5) is 0 Å². The molecule has 1 fully saturated rings. The summed E-state index contributed by atoms with van der Waals surface area (Å²) in [5.41, 5.74) is 0. The van der Waals surface area contributed by atoms with E-state index in [2.05, 4.69) is 5.09 Å². The first kappa shape index (κ1) is 14.0. The van der Waals surface area contributed by atoms with Crippen LogP contribution in [0.15, 0.2) is 0 Å². The van der Waals surface area contributed by atoms with Crippen LogP contribution in [0.2, 0.25) is 0 Å². The van der Waals surface area contributed by atoms with E-state index in [1.165, 1.54) is 13.1 Å². The minimum absolute atomic E-state index is 0.0251. The minimum atomic E-state index is -2.91. The van der Waals surface area contributed by atoms with Gasteiger partial charge in [-0.3, -0.25) is 9.36 Å². The molecule has 0 unspecified atom stereocenters. The van der Waals surface area contributed by atoms with E-state index in [1.807, 2.05) is 0 Å². The third-order valence-corrected chi connectivity index (χ3v) is 3.75. The van der Waals surface area contributed by atoms with Gasteiger partial charge in [0.15, 0.2) is 0 Å². The second-order valence-corrected chi connectivity index (χ2v) is 8.20. The van der Waals surface area contributed by atoms with E-state index < -0.39 is 12.7 Å². The molecule has 6 heteroatoms. The Bertz CT molecular complexity index is 286. The van der Waals surface area contributed by atoms with Gasteiger partial charge >= 0.3 is 5.97 Å². The third-order valence-electron chi connectivity index (χ3n) is 2.61. The molecule has 2 atom stereocenters. The SMILES string of the molecule is C[C@H](N[P@](C)(=O)Cl)C(=O)OC1CCCCC1. The Balaban J connectivity index is 2.36. The first-order chi connectivity index (χ1) is 7.38. The molecule has 1 rings (SSSR count). The highest BCUT2D eigenvalue weighted by Gasteiger charge is 2.24. The Hall–Kier alpha value is -0.0500. The van der Waals surface area contributed by atoms with Gasteiger partial charge in [0.25, 0.3) is 0 Å². The van der Waals surface area contributed by atoms with Gasteiger partial charge < -0.3 is 4.74 Å². The van der Waals surface area contributed by atoms with Crippen molar-refractivity contribution in [2.75, 3.05) is 6.66 Å². The maximum absolute atomic E-state index is 11.6. The molecule has 0 amide bonds. The summed E-state index contributed by atoms with van der Waals surface area (Å²) in [5.74, 6) is -0.366. The maximum atomic E-state index is 11.6. The quantitative estimate of drug-likeness (QED) is 0.629. The average Bonchev–Trinajstić information content (AvgIpc) is 2.16. The molecule has 0 aromatic carbocycles. The molecule has 0 heterocycles. The second-order valence-electron chi connectivity index (χ2n) is 4.37. The van der Waals surface area contributed by atoms with Crippen LogP contribution in [-0.2, 0) is 14.1 Å². The zero-order valence-corrected chi connectivity index (χ0v) is 11.4. The Morgan fingerprint density at radius 1 is 1.44 bits per heavy atom. The lowest BCUT2D eigenvalue weighted by molar-refractivity contribution is -0.152. The standard InChI is InChI=1S/C10H19ClNO3P/c1-8(12-16(2,11)14)10(13)15-9-6-4-3-5-7-9/h8-9H,3-7H2,1-2H3,(H,12,14)/t8-,16+/m0/s1. The summed E-state index contributed by atoms with van der Waals surface area (Å²) in [6, 6.07) is -0.616. The average molecular weight is 268 g/mol. The van der Waals surface area contributed by atoms with Gasteiger partial charge in [-0.2, -0.15) is 0 Å². The van der Waals surface area contributed by atoms with Gasteiger partial charge in [-0.15, -0.1) is 0 Å². The summed E-state index contributed by atoms with van der Waals surface area (Å²) < 4.78 is 16.6.